The molecule has 0 amide bonds. The Morgan fingerprint density at radius 3 is 2.86 bits per heavy atom. The Kier molecular flexibility index (Phi) is 3.02. The number of nitrogens with zero attached hydrogens (tertiary/aromatic N) is 1. The first-order valence-corrected chi connectivity index (χ1v) is 5.76. The second-order valence-corrected chi connectivity index (χ2v) is 4.42. The van der Waals surface area contributed by atoms with Crippen LogP contribution in [-0.2, 0) is 11.3 Å². The molecular formula is C11H11NOS. The van der Waals surface area contributed by atoms with Crippen LogP contribution in [0.4, 0.5) is 0 Å². The van der Waals surface area contributed by atoms with Crippen molar-refractivity contribution in [3.05, 3.63) is 35.4 Å². The van der Waals surface area contributed by atoms with Crippen LogP contribution in [-0.4, -0.2) is 17.6 Å². The van der Waals surface area contributed by atoms with E-state index in [9.17, 15) is 4.79 Å². The van der Waals surface area contributed by atoms with Crippen LogP contribution in [0, 0.1) is 0 Å². The molecule has 72 valence electrons. The minimum atomic E-state index is 0.473. The van der Waals surface area contributed by atoms with Gasteiger partial charge >= 0.3 is 0 Å². The van der Waals surface area contributed by atoms with Gasteiger partial charge in [0.2, 0.25) is 6.08 Å². The van der Waals surface area contributed by atoms with Crippen LogP contribution >= 0.6 is 11.8 Å². The molecule has 0 radical (unpaired) electrons. The lowest BCUT2D eigenvalue weighted by molar-refractivity contribution is 0.562. The van der Waals surface area contributed by atoms with Crippen LogP contribution < -0.4 is 0 Å². The lowest BCUT2D eigenvalue weighted by Crippen LogP contribution is -2.17. The highest BCUT2D eigenvalue weighted by Crippen LogP contribution is 2.35. The summed E-state index contributed by atoms with van der Waals surface area (Å²) < 4.78 is 0. The number of aliphatic imine (C=N–C) groups is 1. The number of hydrogen-bond donors (Lipinski definition) is 0. The maximum Gasteiger partial charge on any atom is 0.235 e. The molecule has 2 rings (SSSR count). The van der Waals surface area contributed by atoms with Crippen molar-refractivity contribution in [2.75, 3.05) is 11.5 Å². The lowest BCUT2D eigenvalue weighted by atomic mass is 9.96. The smallest absolute Gasteiger partial charge is 0.211 e. The second-order valence-electron chi connectivity index (χ2n) is 3.34. The van der Waals surface area contributed by atoms with E-state index in [1.54, 1.807) is 6.08 Å². The molecule has 1 heterocycles. The predicted molar refractivity (Wildman–Crippen MR) is 58.3 cm³/mol. The van der Waals surface area contributed by atoms with Gasteiger partial charge in [-0.1, -0.05) is 24.3 Å². The summed E-state index contributed by atoms with van der Waals surface area (Å²) in [4.78, 5) is 13.7. The normalized spacial score (nSPS) is 15.7. The predicted octanol–water partition coefficient (Wildman–Crippen LogP) is 2.35. The summed E-state index contributed by atoms with van der Waals surface area (Å²) in [6.07, 6.45) is 1.59. The van der Waals surface area contributed by atoms with E-state index < -0.39 is 0 Å². The molecule has 1 aromatic carbocycles. The highest BCUT2D eigenvalue weighted by atomic mass is 32.2. The van der Waals surface area contributed by atoms with E-state index in [0.717, 1.165) is 0 Å². The van der Waals surface area contributed by atoms with Crippen molar-refractivity contribution < 1.29 is 4.79 Å². The topological polar surface area (TPSA) is 29.4 Å². The molecular weight excluding hydrogens is 194 g/mol. The molecule has 3 heteroatoms. The SMILES string of the molecule is O=C=NCc1ccccc1C1CSC1. The Labute approximate surface area is 87.4 Å². The minimum Gasteiger partial charge on any atom is -0.211 e. The third-order valence-corrected chi connectivity index (χ3v) is 3.72. The zero-order valence-corrected chi connectivity index (χ0v) is 8.59. The fourth-order valence-corrected chi connectivity index (χ4v) is 2.44. The first kappa shape index (κ1) is 9.50. The Balaban J connectivity index is 2.23. The fraction of sp³-hybridized carbons (Fsp3) is 0.364. The average Bonchev–Trinajstić information content (AvgIpc) is 2.14. The maximum atomic E-state index is 10.0. The number of rotatable bonds is 3. The largest absolute Gasteiger partial charge is 0.235 e. The highest BCUT2D eigenvalue weighted by molar-refractivity contribution is 8.00. The number of carbonyl (C=O) groups excluding carboxylic acids is 1. The molecule has 0 spiro atoms. The molecule has 2 nitrogen and oxygen atoms in total. The second kappa shape index (κ2) is 4.45. The van der Waals surface area contributed by atoms with Crippen molar-refractivity contribution >= 4 is 17.8 Å². The van der Waals surface area contributed by atoms with Crippen molar-refractivity contribution in [1.29, 1.82) is 0 Å². The van der Waals surface area contributed by atoms with Crippen LogP contribution in [0.1, 0.15) is 17.0 Å². The zero-order valence-electron chi connectivity index (χ0n) is 7.77. The van der Waals surface area contributed by atoms with Gasteiger partial charge in [-0.25, -0.2) is 9.79 Å². The average molecular weight is 205 g/mol. The molecule has 1 fully saturated rings. The van der Waals surface area contributed by atoms with Crippen LogP contribution in [0.25, 0.3) is 0 Å². The van der Waals surface area contributed by atoms with E-state index in [1.807, 2.05) is 30.0 Å². The van der Waals surface area contributed by atoms with Gasteiger partial charge in [0.1, 0.15) is 0 Å². The summed E-state index contributed by atoms with van der Waals surface area (Å²) in [5, 5.41) is 0. The number of benzene rings is 1. The van der Waals surface area contributed by atoms with Crippen molar-refractivity contribution in [3.63, 3.8) is 0 Å². The molecule has 1 aliphatic heterocycles. The quantitative estimate of drug-likeness (QED) is 0.560. The Morgan fingerprint density at radius 2 is 2.21 bits per heavy atom. The van der Waals surface area contributed by atoms with E-state index in [1.165, 1.54) is 22.6 Å². The van der Waals surface area contributed by atoms with Gasteiger partial charge in [0.25, 0.3) is 0 Å². The maximum absolute atomic E-state index is 10.0. The standard InChI is InChI=1S/C11H11NOS/c13-8-12-5-9-3-1-2-4-11(9)10-6-14-7-10/h1-4,10H,5-7H2. The van der Waals surface area contributed by atoms with Gasteiger partial charge in [0, 0.05) is 17.4 Å². The number of isocyanates is 1. The lowest BCUT2D eigenvalue weighted by Gasteiger charge is -2.26. The van der Waals surface area contributed by atoms with Gasteiger partial charge in [-0.15, -0.1) is 0 Å². The van der Waals surface area contributed by atoms with Gasteiger partial charge in [-0.3, -0.25) is 0 Å². The van der Waals surface area contributed by atoms with Crippen molar-refractivity contribution in [1.82, 2.24) is 0 Å². The minimum absolute atomic E-state index is 0.473. The first-order valence-electron chi connectivity index (χ1n) is 4.61. The Morgan fingerprint density at radius 1 is 1.43 bits per heavy atom. The van der Waals surface area contributed by atoms with Gasteiger partial charge in [0.15, 0.2) is 0 Å². The Bertz CT molecular complexity index is 367. The molecule has 1 aliphatic rings. The van der Waals surface area contributed by atoms with Crippen LogP contribution in [0.3, 0.4) is 0 Å². The fourth-order valence-electron chi connectivity index (χ4n) is 1.61. The van der Waals surface area contributed by atoms with Crippen LogP contribution in [0.15, 0.2) is 29.3 Å². The van der Waals surface area contributed by atoms with Crippen LogP contribution in [0.5, 0.6) is 0 Å². The van der Waals surface area contributed by atoms with Gasteiger partial charge < -0.3 is 0 Å². The summed E-state index contributed by atoms with van der Waals surface area (Å²) in [5.41, 5.74) is 2.52. The summed E-state index contributed by atoms with van der Waals surface area (Å²) >= 11 is 1.96. The molecule has 0 aliphatic carbocycles. The molecule has 0 atom stereocenters. The molecule has 0 N–H and O–H groups in total. The number of thioether (sulfide) groups is 1. The van der Waals surface area contributed by atoms with Crippen LogP contribution in [0.2, 0.25) is 0 Å². The first-order chi connectivity index (χ1) is 6.92. The highest BCUT2D eigenvalue weighted by Gasteiger charge is 2.21. The van der Waals surface area contributed by atoms with Gasteiger partial charge in [-0.05, 0) is 11.1 Å². The molecule has 0 aromatic heterocycles. The molecule has 1 aromatic rings. The molecule has 14 heavy (non-hydrogen) atoms. The monoisotopic (exact) mass is 205 g/mol. The molecule has 0 saturated carbocycles. The zero-order chi connectivity index (χ0) is 9.80. The van der Waals surface area contributed by atoms with E-state index >= 15 is 0 Å². The molecule has 0 bridgehead atoms. The summed E-state index contributed by atoms with van der Waals surface area (Å²) in [6.45, 7) is 0.473. The summed E-state index contributed by atoms with van der Waals surface area (Å²) in [7, 11) is 0. The van der Waals surface area contributed by atoms with Crippen molar-refractivity contribution in [3.8, 4) is 0 Å². The van der Waals surface area contributed by atoms with Crippen molar-refractivity contribution in [2.24, 2.45) is 4.99 Å². The number of hydrogen-bond acceptors (Lipinski definition) is 3. The van der Waals surface area contributed by atoms with E-state index in [4.69, 9.17) is 0 Å². The molecule has 1 saturated heterocycles. The third kappa shape index (κ3) is 1.89. The van der Waals surface area contributed by atoms with E-state index in [0.29, 0.717) is 12.5 Å². The third-order valence-electron chi connectivity index (χ3n) is 2.45. The van der Waals surface area contributed by atoms with Gasteiger partial charge in [-0.2, -0.15) is 11.8 Å². The summed E-state index contributed by atoms with van der Waals surface area (Å²) in [5.74, 6) is 3.06. The summed E-state index contributed by atoms with van der Waals surface area (Å²) in [6, 6.07) is 8.22. The molecule has 0 unspecified atom stereocenters. The van der Waals surface area contributed by atoms with Crippen molar-refractivity contribution in [2.45, 2.75) is 12.5 Å². The van der Waals surface area contributed by atoms with E-state index in [-0.39, 0.29) is 0 Å². The Hall–Kier alpha value is -1.05. The van der Waals surface area contributed by atoms with E-state index in [2.05, 4.69) is 11.1 Å². The van der Waals surface area contributed by atoms with Gasteiger partial charge in [0.05, 0.1) is 6.54 Å².